The molecule has 112 valence electrons. The van der Waals surface area contributed by atoms with Gasteiger partial charge in [0, 0.05) is 0 Å². The number of ether oxygens (including phenoxy) is 1. The van der Waals surface area contributed by atoms with E-state index in [0.717, 1.165) is 0 Å². The normalized spacial score (nSPS) is 10.5. The van der Waals surface area contributed by atoms with Crippen LogP contribution in [0.1, 0.15) is 32.3 Å². The number of para-hydroxylation sites is 1. The monoisotopic (exact) mass is 290 g/mol. The van der Waals surface area contributed by atoms with Gasteiger partial charge in [0.1, 0.15) is 17.4 Å². The summed E-state index contributed by atoms with van der Waals surface area (Å²) in [7, 11) is 0. The molecule has 1 amide bonds. The highest BCUT2D eigenvalue weighted by Gasteiger charge is 2.36. The number of amides is 1. The molecule has 1 aromatic rings. The average Bonchev–Trinajstić information content (AvgIpc) is 2.50. The van der Waals surface area contributed by atoms with Gasteiger partial charge in [-0.15, -0.1) is 0 Å². The van der Waals surface area contributed by atoms with E-state index < -0.39 is 17.4 Å². The van der Waals surface area contributed by atoms with Crippen molar-refractivity contribution in [1.29, 1.82) is 5.26 Å². The van der Waals surface area contributed by atoms with Crippen molar-refractivity contribution in [3.8, 4) is 11.8 Å². The minimum atomic E-state index is -1.28. The minimum Gasteiger partial charge on any atom is -0.482 e. The summed E-state index contributed by atoms with van der Waals surface area (Å²) in [5, 5.41) is 20.6. The van der Waals surface area contributed by atoms with Gasteiger partial charge in [-0.05, 0) is 25.0 Å². The zero-order valence-electron chi connectivity index (χ0n) is 12.0. The maximum absolute atomic E-state index is 11.9. The summed E-state index contributed by atoms with van der Waals surface area (Å²) in [5.41, 5.74) is -0.962. The van der Waals surface area contributed by atoms with E-state index in [4.69, 9.17) is 10.00 Å². The van der Waals surface area contributed by atoms with E-state index in [2.05, 4.69) is 5.32 Å². The number of carboxylic acids is 1. The number of carbonyl (C=O) groups is 2. The van der Waals surface area contributed by atoms with Crippen molar-refractivity contribution >= 4 is 11.9 Å². The highest BCUT2D eigenvalue weighted by atomic mass is 16.5. The molecule has 0 aliphatic carbocycles. The molecule has 0 atom stereocenters. The number of carbonyl (C=O) groups excluding carboxylic acids is 1. The molecule has 0 saturated heterocycles. The Morgan fingerprint density at radius 1 is 1.33 bits per heavy atom. The first kappa shape index (κ1) is 16.5. The van der Waals surface area contributed by atoms with Crippen molar-refractivity contribution in [2.75, 3.05) is 6.61 Å². The predicted molar refractivity (Wildman–Crippen MR) is 75.7 cm³/mol. The summed E-state index contributed by atoms with van der Waals surface area (Å²) in [5.74, 6) is -1.31. The lowest BCUT2D eigenvalue weighted by Crippen LogP contribution is -2.54. The summed E-state index contributed by atoms with van der Waals surface area (Å²) < 4.78 is 5.28. The number of rotatable bonds is 7. The highest BCUT2D eigenvalue weighted by Crippen LogP contribution is 2.17. The van der Waals surface area contributed by atoms with Crippen LogP contribution in [0.3, 0.4) is 0 Å². The lowest BCUT2D eigenvalue weighted by atomic mass is 9.93. The lowest BCUT2D eigenvalue weighted by molar-refractivity contribution is -0.148. The molecule has 0 radical (unpaired) electrons. The molecule has 0 spiro atoms. The van der Waals surface area contributed by atoms with Crippen LogP contribution in [0.5, 0.6) is 5.75 Å². The van der Waals surface area contributed by atoms with E-state index in [-0.39, 0.29) is 19.4 Å². The van der Waals surface area contributed by atoms with Crippen LogP contribution in [0.4, 0.5) is 0 Å². The quantitative estimate of drug-likeness (QED) is 0.796. The van der Waals surface area contributed by atoms with Crippen molar-refractivity contribution in [2.45, 2.75) is 32.2 Å². The Balaban J connectivity index is 2.70. The Hall–Kier alpha value is -2.55. The molecule has 6 heteroatoms. The second-order valence-electron chi connectivity index (χ2n) is 4.54. The summed E-state index contributed by atoms with van der Waals surface area (Å²) in [6, 6.07) is 8.49. The lowest BCUT2D eigenvalue weighted by Gasteiger charge is -2.27. The maximum atomic E-state index is 11.9. The fourth-order valence-electron chi connectivity index (χ4n) is 1.91. The zero-order valence-corrected chi connectivity index (χ0v) is 12.0. The smallest absolute Gasteiger partial charge is 0.329 e. The zero-order chi connectivity index (χ0) is 15.9. The number of aliphatic carboxylic acids is 1. The topological polar surface area (TPSA) is 99.4 Å². The third-order valence-corrected chi connectivity index (χ3v) is 3.36. The summed E-state index contributed by atoms with van der Waals surface area (Å²) in [6.45, 7) is 3.06. The SMILES string of the molecule is CCC(CC)(NC(=O)COc1ccccc1C#N)C(=O)O. The van der Waals surface area contributed by atoms with Gasteiger partial charge < -0.3 is 15.2 Å². The second kappa shape index (κ2) is 7.29. The summed E-state index contributed by atoms with van der Waals surface area (Å²) in [4.78, 5) is 23.2. The van der Waals surface area contributed by atoms with Gasteiger partial charge in [0.2, 0.25) is 0 Å². The number of hydrogen-bond donors (Lipinski definition) is 2. The fraction of sp³-hybridized carbons (Fsp3) is 0.400. The highest BCUT2D eigenvalue weighted by molar-refractivity contribution is 5.87. The Bertz CT molecular complexity index is 559. The largest absolute Gasteiger partial charge is 0.482 e. The fourth-order valence-corrected chi connectivity index (χ4v) is 1.91. The van der Waals surface area contributed by atoms with Crippen molar-refractivity contribution in [2.24, 2.45) is 0 Å². The Labute approximate surface area is 123 Å². The average molecular weight is 290 g/mol. The van der Waals surface area contributed by atoms with Crippen LogP contribution >= 0.6 is 0 Å². The van der Waals surface area contributed by atoms with E-state index in [9.17, 15) is 14.7 Å². The van der Waals surface area contributed by atoms with Crippen LogP contribution < -0.4 is 10.1 Å². The molecule has 0 saturated carbocycles. The second-order valence-corrected chi connectivity index (χ2v) is 4.54. The van der Waals surface area contributed by atoms with Crippen LogP contribution in [0, 0.1) is 11.3 Å². The molecule has 6 nitrogen and oxygen atoms in total. The van der Waals surface area contributed by atoms with Gasteiger partial charge in [0.05, 0.1) is 5.56 Å². The molecule has 0 aliphatic rings. The van der Waals surface area contributed by atoms with Gasteiger partial charge in [-0.1, -0.05) is 26.0 Å². The summed E-state index contributed by atoms with van der Waals surface area (Å²) >= 11 is 0. The molecule has 0 fully saturated rings. The van der Waals surface area contributed by atoms with Gasteiger partial charge in [-0.2, -0.15) is 5.26 Å². The van der Waals surface area contributed by atoms with Crippen molar-refractivity contribution < 1.29 is 19.4 Å². The van der Waals surface area contributed by atoms with E-state index in [1.807, 2.05) is 6.07 Å². The van der Waals surface area contributed by atoms with Crippen LogP contribution in [-0.2, 0) is 9.59 Å². The minimum absolute atomic E-state index is 0.277. The van der Waals surface area contributed by atoms with E-state index >= 15 is 0 Å². The standard InChI is InChI=1S/C15H18N2O4/c1-3-15(4-2,14(19)20)17-13(18)10-21-12-8-6-5-7-11(12)9-16/h5-8H,3-4,10H2,1-2H3,(H,17,18)(H,19,20). The molecule has 0 bridgehead atoms. The molecular weight excluding hydrogens is 272 g/mol. The number of nitrogens with one attached hydrogen (secondary N) is 1. The van der Waals surface area contributed by atoms with Crippen molar-refractivity contribution in [1.82, 2.24) is 5.32 Å². The first-order valence-electron chi connectivity index (χ1n) is 6.65. The molecule has 1 rings (SSSR count). The number of nitrogens with zero attached hydrogens (tertiary/aromatic N) is 1. The first-order valence-corrected chi connectivity index (χ1v) is 6.65. The summed E-state index contributed by atoms with van der Waals surface area (Å²) in [6.07, 6.45) is 0.554. The predicted octanol–water partition coefficient (Wildman–Crippen LogP) is 1.70. The number of hydrogen-bond acceptors (Lipinski definition) is 4. The van der Waals surface area contributed by atoms with Gasteiger partial charge in [-0.3, -0.25) is 4.79 Å². The van der Waals surface area contributed by atoms with E-state index in [1.54, 1.807) is 38.1 Å². The van der Waals surface area contributed by atoms with Crippen LogP contribution in [0.25, 0.3) is 0 Å². The van der Waals surface area contributed by atoms with Gasteiger partial charge >= 0.3 is 5.97 Å². The van der Waals surface area contributed by atoms with Crippen LogP contribution in [0.15, 0.2) is 24.3 Å². The van der Waals surface area contributed by atoms with E-state index in [0.29, 0.717) is 11.3 Å². The molecule has 2 N–H and O–H groups in total. The van der Waals surface area contributed by atoms with Gasteiger partial charge in [0.15, 0.2) is 6.61 Å². The number of nitriles is 1. The maximum Gasteiger partial charge on any atom is 0.329 e. The molecule has 0 heterocycles. The Kier molecular flexibility index (Phi) is 5.73. The van der Waals surface area contributed by atoms with Crippen LogP contribution in [0.2, 0.25) is 0 Å². The number of carboxylic acid groups (broad SMARTS) is 1. The molecule has 21 heavy (non-hydrogen) atoms. The molecule has 0 aliphatic heterocycles. The van der Waals surface area contributed by atoms with Gasteiger partial charge in [-0.25, -0.2) is 4.79 Å². The Morgan fingerprint density at radius 3 is 2.48 bits per heavy atom. The van der Waals surface area contributed by atoms with Crippen molar-refractivity contribution in [3.05, 3.63) is 29.8 Å². The molecule has 0 unspecified atom stereocenters. The molecule has 0 aromatic heterocycles. The molecular formula is C15H18N2O4. The third kappa shape index (κ3) is 3.96. The van der Waals surface area contributed by atoms with Crippen LogP contribution in [-0.4, -0.2) is 29.1 Å². The number of benzene rings is 1. The Morgan fingerprint density at radius 2 is 1.95 bits per heavy atom. The van der Waals surface area contributed by atoms with E-state index in [1.165, 1.54) is 0 Å². The third-order valence-electron chi connectivity index (χ3n) is 3.36. The molecule has 1 aromatic carbocycles. The van der Waals surface area contributed by atoms with Gasteiger partial charge in [0.25, 0.3) is 5.91 Å². The van der Waals surface area contributed by atoms with Crippen molar-refractivity contribution in [3.63, 3.8) is 0 Å². The first-order chi connectivity index (χ1) is 9.99.